The van der Waals surface area contributed by atoms with Gasteiger partial charge < -0.3 is 15.0 Å². The quantitative estimate of drug-likeness (QED) is 0.848. The maximum atomic E-state index is 6.07. The molecule has 2 fully saturated rings. The van der Waals surface area contributed by atoms with Gasteiger partial charge in [-0.1, -0.05) is 33.1 Å². The van der Waals surface area contributed by atoms with Gasteiger partial charge >= 0.3 is 0 Å². The predicted octanol–water partition coefficient (Wildman–Crippen LogP) is 2.51. The molecule has 3 nitrogen and oxygen atoms in total. The van der Waals surface area contributed by atoms with E-state index in [4.69, 9.17) is 4.74 Å². The second-order valence-electron chi connectivity index (χ2n) is 6.76. The fourth-order valence-corrected chi connectivity index (χ4v) is 3.42. The molecule has 0 spiro atoms. The number of hydrogen-bond donors (Lipinski definition) is 1. The van der Waals surface area contributed by atoms with Crippen molar-refractivity contribution < 1.29 is 4.74 Å². The van der Waals surface area contributed by atoms with E-state index in [1.54, 1.807) is 0 Å². The summed E-state index contributed by atoms with van der Waals surface area (Å²) in [5.41, 5.74) is 0. The van der Waals surface area contributed by atoms with Crippen molar-refractivity contribution >= 4 is 0 Å². The molecular formula is C16H32N2O. The summed E-state index contributed by atoms with van der Waals surface area (Å²) in [6.45, 7) is 11.5. The minimum Gasteiger partial charge on any atom is -0.377 e. The number of ether oxygens (including phenoxy) is 1. The third-order valence-electron chi connectivity index (χ3n) is 4.44. The monoisotopic (exact) mass is 268 g/mol. The zero-order valence-electron chi connectivity index (χ0n) is 12.9. The molecule has 112 valence electrons. The lowest BCUT2D eigenvalue weighted by molar-refractivity contribution is 0.0119. The van der Waals surface area contributed by atoms with Crippen LogP contribution in [0.4, 0.5) is 0 Å². The molecule has 0 radical (unpaired) electrons. The normalized spacial score (nSPS) is 31.9. The summed E-state index contributed by atoms with van der Waals surface area (Å²) in [7, 11) is 0. The predicted molar refractivity (Wildman–Crippen MR) is 80.5 cm³/mol. The fourth-order valence-electron chi connectivity index (χ4n) is 3.42. The van der Waals surface area contributed by atoms with Gasteiger partial charge in [-0.05, 0) is 37.8 Å². The first kappa shape index (κ1) is 15.3. The highest BCUT2D eigenvalue weighted by atomic mass is 16.5. The maximum Gasteiger partial charge on any atom is 0.0597 e. The zero-order valence-corrected chi connectivity index (χ0v) is 12.9. The molecular weight excluding hydrogens is 236 g/mol. The van der Waals surface area contributed by atoms with Crippen LogP contribution in [0.2, 0.25) is 0 Å². The molecule has 1 saturated heterocycles. The van der Waals surface area contributed by atoms with Crippen LogP contribution in [0.5, 0.6) is 0 Å². The summed E-state index contributed by atoms with van der Waals surface area (Å²) in [6.07, 6.45) is 7.28. The lowest BCUT2D eigenvalue weighted by Crippen LogP contribution is -2.43. The molecule has 3 heteroatoms. The van der Waals surface area contributed by atoms with E-state index in [-0.39, 0.29) is 0 Å². The zero-order chi connectivity index (χ0) is 13.5. The van der Waals surface area contributed by atoms with Gasteiger partial charge in [0.15, 0.2) is 0 Å². The van der Waals surface area contributed by atoms with Gasteiger partial charge in [-0.15, -0.1) is 0 Å². The lowest BCUT2D eigenvalue weighted by atomic mass is 9.98. The van der Waals surface area contributed by atoms with E-state index in [1.807, 2.05) is 0 Å². The highest BCUT2D eigenvalue weighted by molar-refractivity contribution is 4.73. The highest BCUT2D eigenvalue weighted by Crippen LogP contribution is 2.20. The van der Waals surface area contributed by atoms with Crippen molar-refractivity contribution in [1.82, 2.24) is 10.2 Å². The van der Waals surface area contributed by atoms with Crippen LogP contribution in [-0.2, 0) is 4.74 Å². The Bertz CT molecular complexity index is 229. The van der Waals surface area contributed by atoms with Gasteiger partial charge in [0.05, 0.1) is 12.7 Å². The third kappa shape index (κ3) is 5.80. The molecule has 1 aliphatic carbocycles. The number of rotatable bonds is 4. The molecule has 1 N–H and O–H groups in total. The van der Waals surface area contributed by atoms with Crippen LogP contribution in [-0.4, -0.2) is 50.3 Å². The van der Waals surface area contributed by atoms with Crippen LogP contribution in [0, 0.1) is 11.8 Å². The average Bonchev–Trinajstić information content (AvgIpc) is 2.38. The minimum absolute atomic E-state index is 0.556. The first-order valence-corrected chi connectivity index (χ1v) is 8.28. The first-order valence-electron chi connectivity index (χ1n) is 8.28. The Hall–Kier alpha value is -0.120. The van der Waals surface area contributed by atoms with Crippen LogP contribution in [0.3, 0.4) is 0 Å². The molecule has 0 aromatic heterocycles. The standard InChI is InChI=1S/C16H32N2O/c1-14-10-17-11-15(2)13-18(12-14)8-9-19-16-6-4-3-5-7-16/h14-17H,3-13H2,1-2H3. The summed E-state index contributed by atoms with van der Waals surface area (Å²) in [4.78, 5) is 2.61. The van der Waals surface area contributed by atoms with Crippen LogP contribution < -0.4 is 5.32 Å². The maximum absolute atomic E-state index is 6.07. The molecule has 2 unspecified atom stereocenters. The Morgan fingerprint density at radius 2 is 1.63 bits per heavy atom. The molecule has 0 aromatic rings. The molecule has 2 aliphatic rings. The van der Waals surface area contributed by atoms with Crippen molar-refractivity contribution in [1.29, 1.82) is 0 Å². The van der Waals surface area contributed by atoms with E-state index in [0.717, 1.165) is 38.1 Å². The van der Waals surface area contributed by atoms with Gasteiger partial charge in [0.2, 0.25) is 0 Å². The van der Waals surface area contributed by atoms with Crippen LogP contribution >= 0.6 is 0 Å². The Labute approximate surface area is 119 Å². The van der Waals surface area contributed by atoms with E-state index in [1.165, 1.54) is 45.2 Å². The third-order valence-corrected chi connectivity index (χ3v) is 4.44. The van der Waals surface area contributed by atoms with E-state index in [2.05, 4.69) is 24.1 Å². The van der Waals surface area contributed by atoms with Crippen molar-refractivity contribution in [2.24, 2.45) is 11.8 Å². The molecule has 2 atom stereocenters. The van der Waals surface area contributed by atoms with Gasteiger partial charge in [-0.2, -0.15) is 0 Å². The van der Waals surface area contributed by atoms with Crippen LogP contribution in [0.1, 0.15) is 46.0 Å². The average molecular weight is 268 g/mol. The SMILES string of the molecule is CC1CNCC(C)CN(CCOC2CCCCC2)C1. The van der Waals surface area contributed by atoms with Crippen LogP contribution in [0.25, 0.3) is 0 Å². The smallest absolute Gasteiger partial charge is 0.0597 e. The number of nitrogens with one attached hydrogen (secondary N) is 1. The number of hydrogen-bond acceptors (Lipinski definition) is 3. The van der Waals surface area contributed by atoms with E-state index in [9.17, 15) is 0 Å². The van der Waals surface area contributed by atoms with Crippen molar-refractivity contribution in [3.05, 3.63) is 0 Å². The summed E-state index contributed by atoms with van der Waals surface area (Å²) in [5.74, 6) is 1.50. The molecule has 1 saturated carbocycles. The molecule has 1 aliphatic heterocycles. The van der Waals surface area contributed by atoms with Gasteiger partial charge in [0.1, 0.15) is 0 Å². The number of nitrogens with zero attached hydrogens (tertiary/aromatic N) is 1. The van der Waals surface area contributed by atoms with Gasteiger partial charge in [-0.3, -0.25) is 0 Å². The molecule has 0 bridgehead atoms. The fraction of sp³-hybridized carbons (Fsp3) is 1.00. The summed E-state index contributed by atoms with van der Waals surface area (Å²) < 4.78 is 6.07. The molecule has 2 rings (SSSR count). The van der Waals surface area contributed by atoms with E-state index >= 15 is 0 Å². The van der Waals surface area contributed by atoms with Gasteiger partial charge in [0, 0.05) is 19.6 Å². The highest BCUT2D eigenvalue weighted by Gasteiger charge is 2.18. The Kier molecular flexibility index (Phi) is 6.62. The lowest BCUT2D eigenvalue weighted by Gasteiger charge is -2.32. The second-order valence-corrected chi connectivity index (χ2v) is 6.76. The topological polar surface area (TPSA) is 24.5 Å². The first-order chi connectivity index (χ1) is 9.24. The minimum atomic E-state index is 0.556. The van der Waals surface area contributed by atoms with Gasteiger partial charge in [0.25, 0.3) is 0 Å². The Morgan fingerprint density at radius 1 is 1.00 bits per heavy atom. The van der Waals surface area contributed by atoms with E-state index in [0.29, 0.717) is 6.10 Å². The molecule has 1 heterocycles. The molecule has 0 amide bonds. The van der Waals surface area contributed by atoms with Crippen molar-refractivity contribution in [3.63, 3.8) is 0 Å². The van der Waals surface area contributed by atoms with Crippen LogP contribution in [0.15, 0.2) is 0 Å². The second kappa shape index (κ2) is 8.23. The van der Waals surface area contributed by atoms with Gasteiger partial charge in [-0.25, -0.2) is 0 Å². The summed E-state index contributed by atoms with van der Waals surface area (Å²) in [6, 6.07) is 0. The summed E-state index contributed by atoms with van der Waals surface area (Å²) >= 11 is 0. The molecule has 0 aromatic carbocycles. The Morgan fingerprint density at radius 3 is 2.26 bits per heavy atom. The van der Waals surface area contributed by atoms with Crippen molar-refractivity contribution in [2.75, 3.05) is 39.3 Å². The van der Waals surface area contributed by atoms with Crippen molar-refractivity contribution in [3.8, 4) is 0 Å². The largest absolute Gasteiger partial charge is 0.377 e. The van der Waals surface area contributed by atoms with Crippen molar-refractivity contribution in [2.45, 2.75) is 52.1 Å². The molecule has 19 heavy (non-hydrogen) atoms. The Balaban J connectivity index is 1.66. The summed E-state index contributed by atoms with van der Waals surface area (Å²) in [5, 5.41) is 3.56. The van der Waals surface area contributed by atoms with E-state index < -0.39 is 0 Å².